The standard InChI is InChI=1S/C19H20ClN3O3/c1-13-7-8-14(11-15(13)20)21-18(24)12-22-9-10-23(19(22)25)16-5-3-4-6-17(16)26-2/h3-8,11H,9-10,12H2,1-2H3,(H,21,24). The van der Waals surface area contributed by atoms with Gasteiger partial charge in [0, 0.05) is 23.8 Å². The summed E-state index contributed by atoms with van der Waals surface area (Å²) in [4.78, 5) is 28.1. The molecule has 3 amide bonds. The molecule has 2 aromatic rings. The van der Waals surface area contributed by atoms with Gasteiger partial charge in [-0.15, -0.1) is 0 Å². The number of para-hydroxylation sites is 2. The van der Waals surface area contributed by atoms with Crippen molar-refractivity contribution in [3.05, 3.63) is 53.1 Å². The van der Waals surface area contributed by atoms with Gasteiger partial charge in [-0.2, -0.15) is 0 Å². The number of nitrogens with zero attached hydrogens (tertiary/aromatic N) is 2. The van der Waals surface area contributed by atoms with Crippen LogP contribution in [0.3, 0.4) is 0 Å². The Morgan fingerprint density at radius 2 is 2.00 bits per heavy atom. The molecule has 0 aromatic heterocycles. The maximum absolute atomic E-state index is 12.7. The van der Waals surface area contributed by atoms with E-state index in [1.54, 1.807) is 30.2 Å². The van der Waals surface area contributed by atoms with Gasteiger partial charge >= 0.3 is 6.03 Å². The molecule has 0 saturated carbocycles. The summed E-state index contributed by atoms with van der Waals surface area (Å²) in [5, 5.41) is 3.36. The summed E-state index contributed by atoms with van der Waals surface area (Å²) >= 11 is 6.07. The van der Waals surface area contributed by atoms with Crippen LogP contribution in [0.5, 0.6) is 5.75 Å². The third kappa shape index (κ3) is 3.75. The molecular formula is C19H20ClN3O3. The van der Waals surface area contributed by atoms with Gasteiger partial charge in [0.25, 0.3) is 0 Å². The van der Waals surface area contributed by atoms with Gasteiger partial charge in [-0.05, 0) is 36.8 Å². The number of carbonyl (C=O) groups excluding carboxylic acids is 2. The molecule has 1 N–H and O–H groups in total. The number of hydrogen-bond donors (Lipinski definition) is 1. The molecule has 0 spiro atoms. The van der Waals surface area contributed by atoms with Gasteiger partial charge in [0.1, 0.15) is 12.3 Å². The van der Waals surface area contributed by atoms with Crippen LogP contribution >= 0.6 is 11.6 Å². The van der Waals surface area contributed by atoms with Crippen LogP contribution in [-0.4, -0.2) is 43.6 Å². The van der Waals surface area contributed by atoms with Crippen molar-refractivity contribution in [2.24, 2.45) is 0 Å². The second kappa shape index (κ2) is 7.66. The summed E-state index contributed by atoms with van der Waals surface area (Å²) in [6.45, 7) is 2.85. The van der Waals surface area contributed by atoms with E-state index in [1.165, 1.54) is 4.90 Å². The largest absolute Gasteiger partial charge is 0.495 e. The number of aryl methyl sites for hydroxylation is 1. The molecule has 26 heavy (non-hydrogen) atoms. The zero-order valence-electron chi connectivity index (χ0n) is 14.7. The summed E-state index contributed by atoms with van der Waals surface area (Å²) in [5.41, 5.74) is 2.25. The Morgan fingerprint density at radius 1 is 1.23 bits per heavy atom. The minimum atomic E-state index is -0.264. The first kappa shape index (κ1) is 18.1. The van der Waals surface area contributed by atoms with Crippen LogP contribution in [-0.2, 0) is 4.79 Å². The van der Waals surface area contributed by atoms with Gasteiger partial charge in [0.15, 0.2) is 0 Å². The number of urea groups is 1. The normalized spacial score (nSPS) is 13.9. The summed E-state index contributed by atoms with van der Waals surface area (Å²) < 4.78 is 5.32. The Bertz CT molecular complexity index is 841. The van der Waals surface area contributed by atoms with Crippen LogP contribution in [0.4, 0.5) is 16.2 Å². The zero-order chi connectivity index (χ0) is 18.7. The van der Waals surface area contributed by atoms with E-state index in [4.69, 9.17) is 16.3 Å². The second-order valence-electron chi connectivity index (χ2n) is 6.04. The predicted molar refractivity (Wildman–Crippen MR) is 102 cm³/mol. The van der Waals surface area contributed by atoms with Crippen molar-refractivity contribution in [1.82, 2.24) is 4.90 Å². The highest BCUT2D eigenvalue weighted by Gasteiger charge is 2.32. The topological polar surface area (TPSA) is 61.9 Å². The number of ether oxygens (including phenoxy) is 1. The molecule has 6 nitrogen and oxygen atoms in total. The van der Waals surface area contributed by atoms with Gasteiger partial charge in [0.05, 0.1) is 12.8 Å². The Balaban J connectivity index is 1.65. The molecule has 7 heteroatoms. The summed E-state index contributed by atoms with van der Waals surface area (Å²) in [6, 6.07) is 12.4. The highest BCUT2D eigenvalue weighted by atomic mass is 35.5. The molecule has 0 bridgehead atoms. The molecule has 0 unspecified atom stereocenters. The van der Waals surface area contributed by atoms with Crippen LogP contribution < -0.4 is 15.0 Å². The SMILES string of the molecule is COc1ccccc1N1CCN(CC(=O)Nc2ccc(C)c(Cl)c2)C1=O. The van der Waals surface area contributed by atoms with E-state index in [0.717, 1.165) is 5.56 Å². The fourth-order valence-corrected chi connectivity index (χ4v) is 3.03. The lowest BCUT2D eigenvalue weighted by Gasteiger charge is -2.20. The van der Waals surface area contributed by atoms with Crippen LogP contribution in [0.15, 0.2) is 42.5 Å². The van der Waals surface area contributed by atoms with E-state index in [-0.39, 0.29) is 18.5 Å². The van der Waals surface area contributed by atoms with E-state index in [0.29, 0.717) is 35.2 Å². The van der Waals surface area contributed by atoms with E-state index >= 15 is 0 Å². The Kier molecular flexibility index (Phi) is 5.32. The van der Waals surface area contributed by atoms with Crippen molar-refractivity contribution in [3.63, 3.8) is 0 Å². The molecule has 1 saturated heterocycles. The smallest absolute Gasteiger partial charge is 0.325 e. The molecule has 0 aliphatic carbocycles. The lowest BCUT2D eigenvalue weighted by molar-refractivity contribution is -0.116. The molecule has 1 aliphatic rings. The lowest BCUT2D eigenvalue weighted by Crippen LogP contribution is -2.37. The van der Waals surface area contributed by atoms with Gasteiger partial charge in [0.2, 0.25) is 5.91 Å². The molecule has 1 aliphatic heterocycles. The number of nitrogens with one attached hydrogen (secondary N) is 1. The van der Waals surface area contributed by atoms with E-state index in [9.17, 15) is 9.59 Å². The summed E-state index contributed by atoms with van der Waals surface area (Å²) in [5.74, 6) is 0.363. The second-order valence-corrected chi connectivity index (χ2v) is 6.45. The fraction of sp³-hybridized carbons (Fsp3) is 0.263. The Labute approximate surface area is 157 Å². The monoisotopic (exact) mass is 373 g/mol. The summed E-state index contributed by atoms with van der Waals surface area (Å²) in [7, 11) is 1.57. The minimum absolute atomic E-state index is 0.0179. The molecule has 136 valence electrons. The third-order valence-electron chi connectivity index (χ3n) is 4.26. The quantitative estimate of drug-likeness (QED) is 0.872. The van der Waals surface area contributed by atoms with Gasteiger partial charge in [-0.1, -0.05) is 29.8 Å². The third-order valence-corrected chi connectivity index (χ3v) is 4.67. The van der Waals surface area contributed by atoms with Crippen LogP contribution in [0.1, 0.15) is 5.56 Å². The lowest BCUT2D eigenvalue weighted by atomic mass is 10.2. The van der Waals surface area contributed by atoms with Crippen molar-refractivity contribution in [3.8, 4) is 5.75 Å². The molecule has 1 fully saturated rings. The van der Waals surface area contributed by atoms with E-state index in [2.05, 4.69) is 5.32 Å². The number of benzene rings is 2. The van der Waals surface area contributed by atoms with E-state index < -0.39 is 0 Å². The zero-order valence-corrected chi connectivity index (χ0v) is 15.4. The molecule has 3 rings (SSSR count). The number of rotatable bonds is 5. The Hall–Kier alpha value is -2.73. The first-order valence-corrected chi connectivity index (χ1v) is 8.63. The van der Waals surface area contributed by atoms with Crippen molar-refractivity contribution >= 4 is 34.9 Å². The number of carbonyl (C=O) groups is 2. The average molecular weight is 374 g/mol. The van der Waals surface area contributed by atoms with Gasteiger partial charge in [-0.25, -0.2) is 4.79 Å². The molecule has 0 atom stereocenters. The number of halogens is 1. The molecule has 1 heterocycles. The van der Waals surface area contributed by atoms with Crippen LogP contribution in [0.25, 0.3) is 0 Å². The van der Waals surface area contributed by atoms with Crippen molar-refractivity contribution in [2.45, 2.75) is 6.92 Å². The average Bonchev–Trinajstić information content (AvgIpc) is 2.98. The number of methoxy groups -OCH3 is 1. The van der Waals surface area contributed by atoms with E-state index in [1.807, 2.05) is 31.2 Å². The maximum atomic E-state index is 12.7. The first-order valence-electron chi connectivity index (χ1n) is 8.25. The van der Waals surface area contributed by atoms with Crippen molar-refractivity contribution in [2.75, 3.05) is 37.0 Å². The highest BCUT2D eigenvalue weighted by molar-refractivity contribution is 6.31. The van der Waals surface area contributed by atoms with Crippen molar-refractivity contribution in [1.29, 1.82) is 0 Å². The Morgan fingerprint density at radius 3 is 2.73 bits per heavy atom. The van der Waals surface area contributed by atoms with Gasteiger partial charge in [-0.3, -0.25) is 9.69 Å². The van der Waals surface area contributed by atoms with Gasteiger partial charge < -0.3 is 15.0 Å². The predicted octanol–water partition coefficient (Wildman–Crippen LogP) is 3.54. The summed E-state index contributed by atoms with van der Waals surface area (Å²) in [6.07, 6.45) is 0. The fourth-order valence-electron chi connectivity index (χ4n) is 2.85. The first-order chi connectivity index (χ1) is 12.5. The van der Waals surface area contributed by atoms with Crippen LogP contribution in [0, 0.1) is 6.92 Å². The van der Waals surface area contributed by atoms with Crippen molar-refractivity contribution < 1.29 is 14.3 Å². The van der Waals surface area contributed by atoms with Crippen LogP contribution in [0.2, 0.25) is 5.02 Å². The number of anilines is 2. The molecular weight excluding hydrogens is 354 g/mol. The molecule has 2 aromatic carbocycles. The highest BCUT2D eigenvalue weighted by Crippen LogP contribution is 2.30. The number of amides is 3. The maximum Gasteiger partial charge on any atom is 0.325 e. The molecule has 0 radical (unpaired) electrons. The number of hydrogen-bond acceptors (Lipinski definition) is 3. The minimum Gasteiger partial charge on any atom is -0.495 e.